The average Bonchev–Trinajstić information content (AvgIpc) is 2.17. The fourth-order valence-electron chi connectivity index (χ4n) is 1.31. The number of hydrogen-bond donors (Lipinski definition) is 0. The number of nitrogens with zero attached hydrogens (tertiary/aromatic N) is 2. The van der Waals surface area contributed by atoms with Gasteiger partial charge in [-0.2, -0.15) is 5.26 Å². The first-order chi connectivity index (χ1) is 5.90. The van der Waals surface area contributed by atoms with Crippen molar-refractivity contribution in [2.24, 2.45) is 0 Å². The topological polar surface area (TPSA) is 45.9 Å². The Kier molecular flexibility index (Phi) is 1.67. The van der Waals surface area contributed by atoms with E-state index in [-0.39, 0.29) is 6.10 Å². The third-order valence-corrected chi connectivity index (χ3v) is 1.96. The molecule has 0 amide bonds. The molecule has 0 bridgehead atoms. The molecular formula is C9H8N2O. The Labute approximate surface area is 70.6 Å². The number of nitriles is 1. The van der Waals surface area contributed by atoms with Crippen molar-refractivity contribution in [2.45, 2.75) is 18.9 Å². The number of aromatic nitrogens is 1. The van der Waals surface area contributed by atoms with E-state index in [0.717, 1.165) is 24.2 Å². The lowest BCUT2D eigenvalue weighted by Crippen LogP contribution is -2.20. The highest BCUT2D eigenvalue weighted by atomic mass is 16.5. The zero-order valence-corrected chi connectivity index (χ0v) is 6.53. The zero-order chi connectivity index (χ0) is 8.39. The maximum absolute atomic E-state index is 8.62. The number of ether oxygens (including phenoxy) is 1. The summed E-state index contributed by atoms with van der Waals surface area (Å²) in [6.07, 6.45) is 4.82. The van der Waals surface area contributed by atoms with E-state index in [1.165, 1.54) is 0 Å². The van der Waals surface area contributed by atoms with E-state index >= 15 is 0 Å². The van der Waals surface area contributed by atoms with Gasteiger partial charge in [0.1, 0.15) is 11.8 Å². The van der Waals surface area contributed by atoms with Crippen LogP contribution in [-0.4, -0.2) is 11.1 Å². The molecule has 3 heteroatoms. The van der Waals surface area contributed by atoms with Gasteiger partial charge in [0, 0.05) is 12.6 Å². The van der Waals surface area contributed by atoms with E-state index < -0.39 is 0 Å². The lowest BCUT2D eigenvalue weighted by molar-refractivity contribution is 0.224. The fraction of sp³-hybridized carbons (Fsp3) is 0.333. The van der Waals surface area contributed by atoms with Gasteiger partial charge < -0.3 is 4.74 Å². The highest BCUT2D eigenvalue weighted by Gasteiger charge is 2.18. The van der Waals surface area contributed by atoms with Crippen LogP contribution in [0.25, 0.3) is 0 Å². The van der Waals surface area contributed by atoms with Crippen molar-refractivity contribution in [2.75, 3.05) is 0 Å². The molecule has 1 atom stereocenters. The van der Waals surface area contributed by atoms with Gasteiger partial charge >= 0.3 is 0 Å². The van der Waals surface area contributed by atoms with Gasteiger partial charge in [0.15, 0.2) is 6.10 Å². The summed E-state index contributed by atoms with van der Waals surface area (Å²) in [6, 6.07) is 4.03. The summed E-state index contributed by atoms with van der Waals surface area (Å²) in [5.74, 6) is 0.760. The maximum atomic E-state index is 8.62. The van der Waals surface area contributed by atoms with Crippen molar-refractivity contribution in [1.29, 1.82) is 5.26 Å². The molecule has 1 unspecified atom stereocenters. The molecule has 0 spiro atoms. The third kappa shape index (κ3) is 1.12. The van der Waals surface area contributed by atoms with E-state index in [2.05, 4.69) is 11.1 Å². The zero-order valence-electron chi connectivity index (χ0n) is 6.53. The number of rotatable bonds is 0. The van der Waals surface area contributed by atoms with Crippen LogP contribution in [0.15, 0.2) is 18.5 Å². The molecule has 2 heterocycles. The van der Waals surface area contributed by atoms with Crippen LogP contribution in [0.5, 0.6) is 5.75 Å². The second-order valence-electron chi connectivity index (χ2n) is 2.76. The summed E-state index contributed by atoms with van der Waals surface area (Å²) < 4.78 is 5.36. The van der Waals surface area contributed by atoms with Crippen molar-refractivity contribution >= 4 is 0 Å². The van der Waals surface area contributed by atoms with Gasteiger partial charge in [0.2, 0.25) is 0 Å². The van der Waals surface area contributed by atoms with E-state index in [0.29, 0.717) is 0 Å². The molecule has 0 aliphatic carbocycles. The predicted molar refractivity (Wildman–Crippen MR) is 42.6 cm³/mol. The summed E-state index contributed by atoms with van der Waals surface area (Å²) in [7, 11) is 0. The average molecular weight is 160 g/mol. The Hall–Kier alpha value is -1.56. The molecule has 60 valence electrons. The normalized spacial score (nSPS) is 20.4. The Bertz CT molecular complexity index is 330. The van der Waals surface area contributed by atoms with Crippen LogP contribution >= 0.6 is 0 Å². The SMILES string of the molecule is N#CC1CCc2ccncc2O1. The monoisotopic (exact) mass is 160 g/mol. The first-order valence-electron chi connectivity index (χ1n) is 3.89. The number of aryl methyl sites for hydroxylation is 1. The Morgan fingerprint density at radius 2 is 2.58 bits per heavy atom. The Morgan fingerprint density at radius 3 is 3.42 bits per heavy atom. The minimum absolute atomic E-state index is 0.290. The standard InChI is InChI=1S/C9H8N2O/c10-5-8-2-1-7-3-4-11-6-9(7)12-8/h3-4,6,8H,1-2H2. The van der Waals surface area contributed by atoms with Crippen molar-refractivity contribution in [3.05, 3.63) is 24.0 Å². The highest BCUT2D eigenvalue weighted by molar-refractivity contribution is 5.32. The molecule has 0 saturated carbocycles. The van der Waals surface area contributed by atoms with Gasteiger partial charge in [-0.3, -0.25) is 4.98 Å². The third-order valence-electron chi connectivity index (χ3n) is 1.96. The van der Waals surface area contributed by atoms with E-state index in [1.54, 1.807) is 12.4 Å². The van der Waals surface area contributed by atoms with Crippen LogP contribution in [0.1, 0.15) is 12.0 Å². The summed E-state index contributed by atoms with van der Waals surface area (Å²) in [4.78, 5) is 3.93. The van der Waals surface area contributed by atoms with Gasteiger partial charge in [-0.15, -0.1) is 0 Å². The molecule has 1 aromatic heterocycles. The Morgan fingerprint density at radius 1 is 1.67 bits per heavy atom. The summed E-state index contributed by atoms with van der Waals surface area (Å²) in [6.45, 7) is 0. The molecule has 0 saturated heterocycles. The van der Waals surface area contributed by atoms with Gasteiger partial charge in [0.05, 0.1) is 6.20 Å². The molecule has 0 fully saturated rings. The fourth-order valence-corrected chi connectivity index (χ4v) is 1.31. The largest absolute Gasteiger partial charge is 0.474 e. The molecular weight excluding hydrogens is 152 g/mol. The molecule has 0 radical (unpaired) electrons. The van der Waals surface area contributed by atoms with Crippen LogP contribution in [0.2, 0.25) is 0 Å². The smallest absolute Gasteiger partial charge is 0.184 e. The molecule has 1 aliphatic heterocycles. The second-order valence-corrected chi connectivity index (χ2v) is 2.76. The second kappa shape index (κ2) is 2.82. The minimum atomic E-state index is -0.290. The lowest BCUT2D eigenvalue weighted by atomic mass is 10.0. The van der Waals surface area contributed by atoms with Crippen LogP contribution in [-0.2, 0) is 6.42 Å². The van der Waals surface area contributed by atoms with Crippen LogP contribution in [0.4, 0.5) is 0 Å². The van der Waals surface area contributed by atoms with Crippen molar-refractivity contribution in [3.63, 3.8) is 0 Å². The Balaban J connectivity index is 2.30. The quantitative estimate of drug-likeness (QED) is 0.574. The molecule has 3 nitrogen and oxygen atoms in total. The minimum Gasteiger partial charge on any atom is -0.474 e. The van der Waals surface area contributed by atoms with Crippen LogP contribution in [0.3, 0.4) is 0 Å². The molecule has 12 heavy (non-hydrogen) atoms. The maximum Gasteiger partial charge on any atom is 0.184 e. The van der Waals surface area contributed by atoms with Crippen LogP contribution < -0.4 is 4.74 Å². The van der Waals surface area contributed by atoms with Crippen LogP contribution in [0, 0.1) is 11.3 Å². The summed E-state index contributed by atoms with van der Waals surface area (Å²) in [5.41, 5.74) is 1.15. The van der Waals surface area contributed by atoms with Crippen molar-refractivity contribution < 1.29 is 4.74 Å². The number of fused-ring (bicyclic) bond motifs is 1. The van der Waals surface area contributed by atoms with Crippen molar-refractivity contribution in [3.8, 4) is 11.8 Å². The van der Waals surface area contributed by atoms with E-state index in [4.69, 9.17) is 10.00 Å². The predicted octanol–water partition coefficient (Wildman–Crippen LogP) is 1.30. The summed E-state index contributed by atoms with van der Waals surface area (Å²) >= 11 is 0. The first-order valence-corrected chi connectivity index (χ1v) is 3.89. The number of pyridine rings is 1. The number of hydrogen-bond acceptors (Lipinski definition) is 3. The molecule has 1 aliphatic rings. The van der Waals surface area contributed by atoms with Gasteiger partial charge in [-0.05, 0) is 18.1 Å². The molecule has 2 rings (SSSR count). The molecule has 0 N–H and O–H groups in total. The van der Waals surface area contributed by atoms with Gasteiger partial charge in [-0.25, -0.2) is 0 Å². The van der Waals surface area contributed by atoms with Gasteiger partial charge in [-0.1, -0.05) is 0 Å². The first kappa shape index (κ1) is 7.11. The van der Waals surface area contributed by atoms with E-state index in [1.807, 2.05) is 6.07 Å². The summed E-state index contributed by atoms with van der Waals surface area (Å²) in [5, 5.41) is 8.62. The molecule has 1 aromatic rings. The lowest BCUT2D eigenvalue weighted by Gasteiger charge is -2.20. The van der Waals surface area contributed by atoms with Gasteiger partial charge in [0.25, 0.3) is 0 Å². The molecule has 0 aromatic carbocycles. The highest BCUT2D eigenvalue weighted by Crippen LogP contribution is 2.25. The van der Waals surface area contributed by atoms with E-state index in [9.17, 15) is 0 Å². The van der Waals surface area contributed by atoms with Crippen molar-refractivity contribution in [1.82, 2.24) is 4.98 Å².